The van der Waals surface area contributed by atoms with Gasteiger partial charge in [0.1, 0.15) is 5.01 Å². The lowest BCUT2D eigenvalue weighted by Crippen LogP contribution is -2.18. The van der Waals surface area contributed by atoms with E-state index in [2.05, 4.69) is 46.6 Å². The third kappa shape index (κ3) is 2.71. The van der Waals surface area contributed by atoms with Gasteiger partial charge >= 0.3 is 0 Å². The van der Waals surface area contributed by atoms with E-state index in [1.165, 1.54) is 4.70 Å². The summed E-state index contributed by atoms with van der Waals surface area (Å²) in [6, 6.07) is 10.6. The fourth-order valence-electron chi connectivity index (χ4n) is 2.62. The standard InChI is InChI=1S/C17H17N5S/c1-11(17-21-14-5-3-4-6-15(14)23-17)18-8-12-7-13-10-20-22(2)16(13)19-9-12/h3-7,9-11,18H,8H2,1-2H3. The van der Waals surface area contributed by atoms with Crippen LogP contribution in [-0.2, 0) is 13.6 Å². The van der Waals surface area contributed by atoms with Gasteiger partial charge in [0.05, 0.1) is 22.5 Å². The van der Waals surface area contributed by atoms with Gasteiger partial charge in [0.25, 0.3) is 0 Å². The minimum atomic E-state index is 0.206. The van der Waals surface area contributed by atoms with E-state index < -0.39 is 0 Å². The molecule has 3 aromatic heterocycles. The molecule has 0 bridgehead atoms. The molecule has 0 amide bonds. The van der Waals surface area contributed by atoms with Crippen molar-refractivity contribution in [1.82, 2.24) is 25.1 Å². The first-order valence-electron chi connectivity index (χ1n) is 7.56. The number of pyridine rings is 1. The smallest absolute Gasteiger partial charge is 0.157 e. The van der Waals surface area contributed by atoms with Gasteiger partial charge in [-0.1, -0.05) is 12.1 Å². The van der Waals surface area contributed by atoms with Crippen molar-refractivity contribution in [2.75, 3.05) is 0 Å². The molecule has 1 aromatic carbocycles. The molecule has 1 unspecified atom stereocenters. The van der Waals surface area contributed by atoms with Gasteiger partial charge in [-0.15, -0.1) is 11.3 Å². The summed E-state index contributed by atoms with van der Waals surface area (Å²) in [7, 11) is 1.91. The monoisotopic (exact) mass is 323 g/mol. The molecule has 4 rings (SSSR count). The van der Waals surface area contributed by atoms with Crippen LogP contribution in [0, 0.1) is 0 Å². The highest BCUT2D eigenvalue weighted by Gasteiger charge is 2.11. The molecule has 0 aliphatic carbocycles. The molecular weight excluding hydrogens is 306 g/mol. The lowest BCUT2D eigenvalue weighted by molar-refractivity contribution is 0.572. The number of rotatable bonds is 4. The zero-order valence-electron chi connectivity index (χ0n) is 13.0. The van der Waals surface area contributed by atoms with Crippen molar-refractivity contribution in [3.8, 4) is 0 Å². The maximum absolute atomic E-state index is 4.71. The van der Waals surface area contributed by atoms with E-state index in [9.17, 15) is 0 Å². The fourth-order valence-corrected chi connectivity index (χ4v) is 3.61. The fraction of sp³-hybridized carbons (Fsp3) is 0.235. The van der Waals surface area contributed by atoms with Gasteiger partial charge in [-0.05, 0) is 30.7 Å². The lowest BCUT2D eigenvalue weighted by atomic mass is 10.2. The van der Waals surface area contributed by atoms with Crippen LogP contribution in [0.15, 0.2) is 42.7 Å². The Hall–Kier alpha value is -2.31. The Morgan fingerprint density at radius 1 is 1.26 bits per heavy atom. The summed E-state index contributed by atoms with van der Waals surface area (Å²) in [6.07, 6.45) is 3.75. The van der Waals surface area contributed by atoms with Gasteiger partial charge in [-0.3, -0.25) is 4.68 Å². The van der Waals surface area contributed by atoms with E-state index in [1.807, 2.05) is 25.5 Å². The van der Waals surface area contributed by atoms with Crippen molar-refractivity contribution in [2.45, 2.75) is 19.5 Å². The first-order valence-corrected chi connectivity index (χ1v) is 8.38. The SMILES string of the molecule is CC(NCc1cnc2c(cnn2C)c1)c1nc2ccccc2s1. The number of hydrogen-bond donors (Lipinski definition) is 1. The second-order valence-electron chi connectivity index (χ2n) is 5.65. The van der Waals surface area contributed by atoms with Crippen molar-refractivity contribution in [3.05, 3.63) is 53.3 Å². The average molecular weight is 323 g/mol. The van der Waals surface area contributed by atoms with E-state index in [0.29, 0.717) is 0 Å². The molecule has 0 aliphatic heterocycles. The topological polar surface area (TPSA) is 55.6 Å². The molecule has 3 heterocycles. The molecule has 116 valence electrons. The summed E-state index contributed by atoms with van der Waals surface area (Å²) in [6.45, 7) is 2.91. The Morgan fingerprint density at radius 2 is 2.13 bits per heavy atom. The van der Waals surface area contributed by atoms with Gasteiger partial charge in [-0.2, -0.15) is 5.10 Å². The number of nitrogens with zero attached hydrogens (tertiary/aromatic N) is 4. The van der Waals surface area contributed by atoms with Crippen LogP contribution in [0.5, 0.6) is 0 Å². The maximum atomic E-state index is 4.71. The van der Waals surface area contributed by atoms with Crippen molar-refractivity contribution < 1.29 is 0 Å². The van der Waals surface area contributed by atoms with E-state index in [-0.39, 0.29) is 6.04 Å². The van der Waals surface area contributed by atoms with Crippen LogP contribution in [0.2, 0.25) is 0 Å². The Balaban J connectivity index is 1.50. The highest BCUT2D eigenvalue weighted by Crippen LogP contribution is 2.26. The van der Waals surface area contributed by atoms with Crippen LogP contribution in [0.25, 0.3) is 21.3 Å². The molecule has 0 spiro atoms. The number of nitrogens with one attached hydrogen (secondary N) is 1. The molecule has 6 heteroatoms. The van der Waals surface area contributed by atoms with Gasteiger partial charge in [-0.25, -0.2) is 9.97 Å². The highest BCUT2D eigenvalue weighted by molar-refractivity contribution is 7.18. The predicted molar refractivity (Wildman–Crippen MR) is 93.4 cm³/mol. The van der Waals surface area contributed by atoms with Gasteiger partial charge in [0.15, 0.2) is 5.65 Å². The van der Waals surface area contributed by atoms with Crippen LogP contribution in [0.3, 0.4) is 0 Å². The van der Waals surface area contributed by atoms with E-state index in [4.69, 9.17) is 4.98 Å². The molecule has 23 heavy (non-hydrogen) atoms. The first-order chi connectivity index (χ1) is 11.2. The van der Waals surface area contributed by atoms with Gasteiger partial charge in [0, 0.05) is 25.2 Å². The summed E-state index contributed by atoms with van der Waals surface area (Å²) in [4.78, 5) is 9.18. The number of aromatic nitrogens is 4. The van der Waals surface area contributed by atoms with Crippen LogP contribution in [-0.4, -0.2) is 19.7 Å². The van der Waals surface area contributed by atoms with E-state index >= 15 is 0 Å². The van der Waals surface area contributed by atoms with Crippen LogP contribution < -0.4 is 5.32 Å². The minimum Gasteiger partial charge on any atom is -0.304 e. The van der Waals surface area contributed by atoms with Crippen molar-refractivity contribution >= 4 is 32.6 Å². The van der Waals surface area contributed by atoms with Crippen molar-refractivity contribution in [3.63, 3.8) is 0 Å². The predicted octanol–water partition coefficient (Wildman–Crippen LogP) is 3.43. The van der Waals surface area contributed by atoms with Crippen molar-refractivity contribution in [2.24, 2.45) is 7.05 Å². The molecule has 0 radical (unpaired) electrons. The number of thiazole rings is 1. The minimum absolute atomic E-state index is 0.206. The number of fused-ring (bicyclic) bond motifs is 2. The van der Waals surface area contributed by atoms with Gasteiger partial charge < -0.3 is 5.32 Å². The van der Waals surface area contributed by atoms with Gasteiger partial charge in [0.2, 0.25) is 0 Å². The molecule has 1 N–H and O–H groups in total. The molecule has 4 aromatic rings. The van der Waals surface area contributed by atoms with Crippen molar-refractivity contribution in [1.29, 1.82) is 0 Å². The number of para-hydroxylation sites is 1. The molecule has 0 fully saturated rings. The molecule has 0 saturated heterocycles. The normalized spacial score (nSPS) is 13.0. The zero-order valence-corrected chi connectivity index (χ0v) is 13.8. The highest BCUT2D eigenvalue weighted by atomic mass is 32.1. The molecule has 0 saturated carbocycles. The van der Waals surface area contributed by atoms with Crippen LogP contribution >= 0.6 is 11.3 Å². The summed E-state index contributed by atoms with van der Waals surface area (Å²) in [5.74, 6) is 0. The summed E-state index contributed by atoms with van der Waals surface area (Å²) in [5, 5.41) is 9.94. The maximum Gasteiger partial charge on any atom is 0.157 e. The molecular formula is C17H17N5S. The summed E-state index contributed by atoms with van der Waals surface area (Å²) < 4.78 is 3.02. The number of aryl methyl sites for hydroxylation is 1. The Kier molecular flexibility index (Phi) is 3.55. The second kappa shape index (κ2) is 5.72. The number of hydrogen-bond acceptors (Lipinski definition) is 5. The lowest BCUT2D eigenvalue weighted by Gasteiger charge is -2.10. The molecule has 1 atom stereocenters. The zero-order chi connectivity index (χ0) is 15.8. The average Bonchev–Trinajstić information content (AvgIpc) is 3.16. The summed E-state index contributed by atoms with van der Waals surface area (Å²) >= 11 is 1.74. The van der Waals surface area contributed by atoms with E-state index in [1.54, 1.807) is 16.0 Å². The Labute approximate surface area is 138 Å². The van der Waals surface area contributed by atoms with Crippen LogP contribution in [0.1, 0.15) is 23.5 Å². The largest absolute Gasteiger partial charge is 0.304 e. The van der Waals surface area contributed by atoms with Crippen LogP contribution in [0.4, 0.5) is 0 Å². The third-order valence-corrected chi connectivity index (χ3v) is 5.14. The van der Waals surface area contributed by atoms with E-state index in [0.717, 1.165) is 33.7 Å². The Bertz CT molecular complexity index is 938. The second-order valence-corrected chi connectivity index (χ2v) is 6.71. The number of benzene rings is 1. The quantitative estimate of drug-likeness (QED) is 0.625. The Morgan fingerprint density at radius 3 is 3.00 bits per heavy atom. The molecule has 0 aliphatic rings. The summed E-state index contributed by atoms with van der Waals surface area (Å²) in [5.41, 5.74) is 3.13. The third-order valence-electron chi connectivity index (χ3n) is 3.92. The first kappa shape index (κ1) is 14.3. The molecule has 5 nitrogen and oxygen atoms in total.